The predicted octanol–water partition coefficient (Wildman–Crippen LogP) is 0.0480. The maximum absolute atomic E-state index is 8.52. The van der Waals surface area contributed by atoms with Gasteiger partial charge in [-0.2, -0.15) is 0 Å². The van der Waals surface area contributed by atoms with Crippen molar-refractivity contribution in [3.05, 3.63) is 24.3 Å². The van der Waals surface area contributed by atoms with Crippen molar-refractivity contribution >= 4 is 29.6 Å². The minimum atomic E-state index is 0. The molecular formula is C10H14NaO4. The van der Waals surface area contributed by atoms with Gasteiger partial charge in [0.15, 0.2) is 0 Å². The molecule has 4 nitrogen and oxygen atoms in total. The van der Waals surface area contributed by atoms with Crippen LogP contribution in [0.5, 0.6) is 11.5 Å². The van der Waals surface area contributed by atoms with Crippen LogP contribution in [0.4, 0.5) is 0 Å². The fraction of sp³-hybridized carbons (Fsp3) is 0.400. The van der Waals surface area contributed by atoms with E-state index in [1.54, 1.807) is 24.3 Å². The van der Waals surface area contributed by atoms with E-state index in [1.165, 1.54) is 0 Å². The number of aliphatic hydroxyl groups excluding tert-OH is 2. The Morgan fingerprint density at radius 2 is 1.13 bits per heavy atom. The van der Waals surface area contributed by atoms with Gasteiger partial charge in [0.05, 0.1) is 13.2 Å². The molecule has 15 heavy (non-hydrogen) atoms. The van der Waals surface area contributed by atoms with Crippen molar-refractivity contribution in [1.82, 2.24) is 0 Å². The number of aliphatic hydroxyl groups is 2. The molecule has 0 aliphatic heterocycles. The SMILES string of the molecule is OCCOc1ccc(OCCO)cc1.[Na]. The molecule has 0 atom stereocenters. The Balaban J connectivity index is 0.00000196. The molecule has 1 radical (unpaired) electrons. The second-order valence-corrected chi connectivity index (χ2v) is 2.62. The van der Waals surface area contributed by atoms with E-state index in [2.05, 4.69) is 0 Å². The summed E-state index contributed by atoms with van der Waals surface area (Å²) in [6, 6.07) is 7.01. The largest absolute Gasteiger partial charge is 0.491 e. The average Bonchev–Trinajstić information content (AvgIpc) is 2.25. The molecule has 5 heteroatoms. The quantitative estimate of drug-likeness (QED) is 0.666. The van der Waals surface area contributed by atoms with Crippen LogP contribution in [-0.4, -0.2) is 66.2 Å². The number of rotatable bonds is 6. The third-order valence-electron chi connectivity index (χ3n) is 1.54. The summed E-state index contributed by atoms with van der Waals surface area (Å²) in [6.45, 7) is 0.583. The number of hydrogen-bond donors (Lipinski definition) is 2. The second-order valence-electron chi connectivity index (χ2n) is 2.62. The Bertz CT molecular complexity index is 223. The monoisotopic (exact) mass is 221 g/mol. The Hall–Kier alpha value is -0.260. The van der Waals surface area contributed by atoms with Gasteiger partial charge in [-0.05, 0) is 24.3 Å². The molecule has 2 N–H and O–H groups in total. The zero-order valence-corrected chi connectivity index (χ0v) is 10.8. The minimum absolute atomic E-state index is 0. The summed E-state index contributed by atoms with van der Waals surface area (Å²) >= 11 is 0. The van der Waals surface area contributed by atoms with Gasteiger partial charge in [-0.15, -0.1) is 0 Å². The molecule has 0 saturated heterocycles. The zero-order valence-electron chi connectivity index (χ0n) is 8.85. The van der Waals surface area contributed by atoms with E-state index in [-0.39, 0.29) is 56.0 Å². The van der Waals surface area contributed by atoms with Gasteiger partial charge in [0.25, 0.3) is 0 Å². The Morgan fingerprint density at radius 3 is 1.40 bits per heavy atom. The summed E-state index contributed by atoms with van der Waals surface area (Å²) < 4.78 is 10.3. The van der Waals surface area contributed by atoms with Gasteiger partial charge in [-0.3, -0.25) is 0 Å². The molecule has 0 spiro atoms. The standard InChI is InChI=1S/C10H14O4.Na/c11-5-7-13-9-1-2-10(4-3-9)14-8-6-12;/h1-4,11-12H,5-8H2;. The summed E-state index contributed by atoms with van der Waals surface area (Å²) in [4.78, 5) is 0. The molecule has 1 rings (SSSR count). The van der Waals surface area contributed by atoms with Crippen LogP contribution in [0.25, 0.3) is 0 Å². The van der Waals surface area contributed by atoms with Crippen molar-refractivity contribution < 1.29 is 19.7 Å². The summed E-state index contributed by atoms with van der Waals surface area (Å²) in [5.74, 6) is 1.38. The third-order valence-corrected chi connectivity index (χ3v) is 1.54. The molecule has 1 aromatic rings. The zero-order chi connectivity index (χ0) is 10.2. The van der Waals surface area contributed by atoms with E-state index in [0.717, 1.165) is 0 Å². The first-order valence-electron chi connectivity index (χ1n) is 4.44. The normalized spacial score (nSPS) is 9.20. The van der Waals surface area contributed by atoms with Crippen molar-refractivity contribution in [3.8, 4) is 11.5 Å². The van der Waals surface area contributed by atoms with Crippen LogP contribution in [0.1, 0.15) is 0 Å². The van der Waals surface area contributed by atoms with E-state index >= 15 is 0 Å². The molecule has 0 aliphatic carbocycles. The first kappa shape index (κ1) is 14.7. The van der Waals surface area contributed by atoms with Gasteiger partial charge < -0.3 is 19.7 Å². The summed E-state index contributed by atoms with van der Waals surface area (Å²) in [5.41, 5.74) is 0. The van der Waals surface area contributed by atoms with Crippen LogP contribution in [0, 0.1) is 0 Å². The molecule has 0 amide bonds. The molecule has 0 aromatic heterocycles. The molecule has 0 aliphatic rings. The average molecular weight is 221 g/mol. The summed E-state index contributed by atoms with van der Waals surface area (Å²) in [7, 11) is 0. The van der Waals surface area contributed by atoms with E-state index in [4.69, 9.17) is 19.7 Å². The van der Waals surface area contributed by atoms with E-state index in [1.807, 2.05) is 0 Å². The van der Waals surface area contributed by atoms with Crippen molar-refractivity contribution in [2.75, 3.05) is 26.4 Å². The van der Waals surface area contributed by atoms with Crippen LogP contribution >= 0.6 is 0 Å². The van der Waals surface area contributed by atoms with Crippen LogP contribution in [-0.2, 0) is 0 Å². The summed E-state index contributed by atoms with van der Waals surface area (Å²) in [5, 5.41) is 17.0. The molecule has 0 heterocycles. The second kappa shape index (κ2) is 9.00. The van der Waals surface area contributed by atoms with E-state index in [0.29, 0.717) is 11.5 Å². The predicted molar refractivity (Wildman–Crippen MR) is 57.4 cm³/mol. The van der Waals surface area contributed by atoms with Gasteiger partial charge in [0, 0.05) is 29.6 Å². The van der Waals surface area contributed by atoms with Crippen molar-refractivity contribution in [1.29, 1.82) is 0 Å². The topological polar surface area (TPSA) is 58.9 Å². The van der Waals surface area contributed by atoms with Crippen LogP contribution < -0.4 is 9.47 Å². The van der Waals surface area contributed by atoms with E-state index in [9.17, 15) is 0 Å². The molecular weight excluding hydrogens is 207 g/mol. The van der Waals surface area contributed by atoms with Gasteiger partial charge >= 0.3 is 0 Å². The number of ether oxygens (including phenoxy) is 2. The van der Waals surface area contributed by atoms with Gasteiger partial charge in [0.1, 0.15) is 24.7 Å². The fourth-order valence-electron chi connectivity index (χ4n) is 0.959. The first-order chi connectivity index (χ1) is 6.86. The maximum Gasteiger partial charge on any atom is 0.119 e. The van der Waals surface area contributed by atoms with Gasteiger partial charge in [-0.25, -0.2) is 0 Å². The Morgan fingerprint density at radius 1 is 0.800 bits per heavy atom. The minimum Gasteiger partial charge on any atom is -0.491 e. The molecule has 79 valence electrons. The first-order valence-corrected chi connectivity index (χ1v) is 4.44. The van der Waals surface area contributed by atoms with Crippen molar-refractivity contribution in [2.24, 2.45) is 0 Å². The smallest absolute Gasteiger partial charge is 0.119 e. The molecule has 0 fully saturated rings. The molecule has 0 bridgehead atoms. The maximum atomic E-state index is 8.52. The van der Waals surface area contributed by atoms with Gasteiger partial charge in [0.2, 0.25) is 0 Å². The fourth-order valence-corrected chi connectivity index (χ4v) is 0.959. The number of benzene rings is 1. The molecule has 0 unspecified atom stereocenters. The van der Waals surface area contributed by atoms with Crippen molar-refractivity contribution in [3.63, 3.8) is 0 Å². The third kappa shape index (κ3) is 6.02. The molecule has 1 aromatic carbocycles. The number of hydrogen-bond acceptors (Lipinski definition) is 4. The van der Waals surface area contributed by atoms with Gasteiger partial charge in [-0.1, -0.05) is 0 Å². The Kier molecular flexibility index (Phi) is 8.85. The molecule has 0 saturated carbocycles. The van der Waals surface area contributed by atoms with Crippen LogP contribution in [0.3, 0.4) is 0 Å². The Labute approximate surface area is 111 Å². The van der Waals surface area contributed by atoms with Crippen LogP contribution in [0.2, 0.25) is 0 Å². The van der Waals surface area contributed by atoms with Crippen molar-refractivity contribution in [2.45, 2.75) is 0 Å². The summed E-state index contributed by atoms with van der Waals surface area (Å²) in [6.07, 6.45) is 0. The van der Waals surface area contributed by atoms with E-state index < -0.39 is 0 Å². The van der Waals surface area contributed by atoms with Crippen LogP contribution in [0.15, 0.2) is 24.3 Å².